The number of carbonyl (C=O) groups is 1. The minimum absolute atomic E-state index is 0.0191. The fourth-order valence-electron chi connectivity index (χ4n) is 2.77. The van der Waals surface area contributed by atoms with Gasteiger partial charge in [-0.05, 0) is 42.0 Å². The summed E-state index contributed by atoms with van der Waals surface area (Å²) in [7, 11) is -3.50. The molecule has 0 saturated heterocycles. The maximum atomic E-state index is 12.9. The Bertz CT molecular complexity index is 1260. The van der Waals surface area contributed by atoms with E-state index >= 15 is 0 Å². The van der Waals surface area contributed by atoms with Crippen LogP contribution in [-0.4, -0.2) is 25.5 Å². The van der Waals surface area contributed by atoms with Gasteiger partial charge in [0.05, 0.1) is 22.4 Å². The highest BCUT2D eigenvalue weighted by Crippen LogP contribution is 2.33. The van der Waals surface area contributed by atoms with Crippen molar-refractivity contribution in [1.82, 2.24) is 5.32 Å². The highest BCUT2D eigenvalue weighted by atomic mass is 35.5. The van der Waals surface area contributed by atoms with Gasteiger partial charge in [-0.15, -0.1) is 0 Å². The molecule has 0 fully saturated rings. The van der Waals surface area contributed by atoms with E-state index in [1.54, 1.807) is 48.5 Å². The van der Waals surface area contributed by atoms with Crippen LogP contribution in [0.15, 0.2) is 76.5 Å². The standard InChI is InChI=1S/C21H18ClN3O5S2/c1-32(29,30)24-19-5-3-2-4-14(19)13-23-21(26)18-12-16(25(27)28)8-11-20(18)31-17-9-6-15(22)7-10-17/h2-12,24H,13H2,1H3,(H,23,26). The van der Waals surface area contributed by atoms with Crippen molar-refractivity contribution >= 4 is 50.7 Å². The van der Waals surface area contributed by atoms with Gasteiger partial charge in [0.25, 0.3) is 11.6 Å². The van der Waals surface area contributed by atoms with E-state index in [0.29, 0.717) is 21.2 Å². The van der Waals surface area contributed by atoms with Crippen LogP contribution in [0.25, 0.3) is 0 Å². The summed E-state index contributed by atoms with van der Waals surface area (Å²) < 4.78 is 25.6. The lowest BCUT2D eigenvalue weighted by molar-refractivity contribution is -0.384. The van der Waals surface area contributed by atoms with Crippen molar-refractivity contribution < 1.29 is 18.1 Å². The average molecular weight is 492 g/mol. The number of carbonyl (C=O) groups excluding carboxylic acids is 1. The van der Waals surface area contributed by atoms with Crippen LogP contribution in [0.2, 0.25) is 5.02 Å². The van der Waals surface area contributed by atoms with Gasteiger partial charge in [0.1, 0.15) is 0 Å². The number of para-hydroxylation sites is 1. The summed E-state index contributed by atoms with van der Waals surface area (Å²) in [6.07, 6.45) is 1.03. The van der Waals surface area contributed by atoms with E-state index in [1.807, 2.05) is 0 Å². The second kappa shape index (κ2) is 10.0. The Hall–Kier alpha value is -3.08. The first-order valence-corrected chi connectivity index (χ1v) is 12.3. The average Bonchev–Trinajstić information content (AvgIpc) is 2.73. The minimum atomic E-state index is -3.50. The SMILES string of the molecule is CS(=O)(=O)Nc1ccccc1CNC(=O)c1cc([N+](=O)[O-])ccc1Sc1ccc(Cl)cc1. The van der Waals surface area contributed by atoms with Crippen molar-refractivity contribution in [3.8, 4) is 0 Å². The molecule has 3 aromatic carbocycles. The molecule has 0 aliphatic heterocycles. The van der Waals surface area contributed by atoms with Crippen molar-refractivity contribution in [1.29, 1.82) is 0 Å². The number of nitro benzene ring substituents is 1. The van der Waals surface area contributed by atoms with Crippen LogP contribution in [0.4, 0.5) is 11.4 Å². The Kier molecular flexibility index (Phi) is 7.39. The number of halogens is 1. The maximum Gasteiger partial charge on any atom is 0.270 e. The first kappa shape index (κ1) is 23.6. The van der Waals surface area contributed by atoms with Crippen LogP contribution in [0.3, 0.4) is 0 Å². The number of nitro groups is 1. The van der Waals surface area contributed by atoms with Crippen LogP contribution in [-0.2, 0) is 16.6 Å². The Morgan fingerprint density at radius 1 is 1.09 bits per heavy atom. The lowest BCUT2D eigenvalue weighted by atomic mass is 10.1. The molecule has 11 heteroatoms. The van der Waals surface area contributed by atoms with Gasteiger partial charge >= 0.3 is 0 Å². The molecule has 3 aromatic rings. The number of hydrogen-bond acceptors (Lipinski definition) is 6. The molecule has 0 radical (unpaired) electrons. The highest BCUT2D eigenvalue weighted by molar-refractivity contribution is 7.99. The first-order valence-electron chi connectivity index (χ1n) is 9.18. The summed E-state index contributed by atoms with van der Waals surface area (Å²) in [5.41, 5.74) is 0.802. The van der Waals surface area contributed by atoms with Crippen molar-refractivity contribution in [3.05, 3.63) is 93.0 Å². The van der Waals surface area contributed by atoms with Crippen LogP contribution in [0.1, 0.15) is 15.9 Å². The Morgan fingerprint density at radius 3 is 2.44 bits per heavy atom. The molecule has 0 saturated carbocycles. The lowest BCUT2D eigenvalue weighted by Crippen LogP contribution is -2.24. The van der Waals surface area contributed by atoms with E-state index in [-0.39, 0.29) is 17.8 Å². The summed E-state index contributed by atoms with van der Waals surface area (Å²) in [6.45, 7) is 0.0191. The lowest BCUT2D eigenvalue weighted by Gasteiger charge is -2.13. The summed E-state index contributed by atoms with van der Waals surface area (Å²) >= 11 is 7.18. The van der Waals surface area contributed by atoms with Crippen molar-refractivity contribution in [3.63, 3.8) is 0 Å². The molecule has 0 aliphatic rings. The molecule has 3 rings (SSSR count). The number of non-ortho nitro benzene ring substituents is 1. The topological polar surface area (TPSA) is 118 Å². The molecule has 32 heavy (non-hydrogen) atoms. The smallest absolute Gasteiger partial charge is 0.270 e. The fraction of sp³-hybridized carbons (Fsp3) is 0.0952. The summed E-state index contributed by atoms with van der Waals surface area (Å²) in [6, 6.07) is 17.7. The zero-order chi connectivity index (χ0) is 23.3. The van der Waals surface area contributed by atoms with Gasteiger partial charge in [-0.25, -0.2) is 8.42 Å². The predicted octanol–water partition coefficient (Wildman–Crippen LogP) is 4.70. The number of sulfonamides is 1. The van der Waals surface area contributed by atoms with Gasteiger partial charge in [-0.3, -0.25) is 19.6 Å². The van der Waals surface area contributed by atoms with Crippen LogP contribution in [0, 0.1) is 10.1 Å². The van der Waals surface area contributed by atoms with Crippen molar-refractivity contribution in [2.45, 2.75) is 16.3 Å². The Morgan fingerprint density at radius 2 is 1.78 bits per heavy atom. The number of anilines is 1. The van der Waals surface area contributed by atoms with E-state index in [9.17, 15) is 23.3 Å². The number of nitrogens with one attached hydrogen (secondary N) is 2. The molecule has 8 nitrogen and oxygen atoms in total. The highest BCUT2D eigenvalue weighted by Gasteiger charge is 2.18. The molecule has 0 unspecified atom stereocenters. The van der Waals surface area contributed by atoms with E-state index < -0.39 is 20.9 Å². The Balaban J connectivity index is 1.86. The van der Waals surface area contributed by atoms with Gasteiger partial charge in [-0.2, -0.15) is 0 Å². The zero-order valence-corrected chi connectivity index (χ0v) is 19.1. The maximum absolute atomic E-state index is 12.9. The normalized spacial score (nSPS) is 11.1. The number of nitrogens with zero attached hydrogens (tertiary/aromatic N) is 1. The first-order chi connectivity index (χ1) is 15.1. The second-order valence-electron chi connectivity index (χ2n) is 6.71. The van der Waals surface area contributed by atoms with Gasteiger partial charge < -0.3 is 5.32 Å². The number of hydrogen-bond donors (Lipinski definition) is 2. The number of rotatable bonds is 8. The van der Waals surface area contributed by atoms with Crippen molar-refractivity contribution in [2.24, 2.45) is 0 Å². The van der Waals surface area contributed by atoms with E-state index in [0.717, 1.165) is 11.2 Å². The van der Waals surface area contributed by atoms with E-state index in [2.05, 4.69) is 10.0 Å². The second-order valence-corrected chi connectivity index (χ2v) is 10.0. The largest absolute Gasteiger partial charge is 0.348 e. The summed E-state index contributed by atoms with van der Waals surface area (Å²) in [4.78, 5) is 24.9. The fourth-order valence-corrected chi connectivity index (χ4v) is 4.42. The molecular weight excluding hydrogens is 474 g/mol. The summed E-state index contributed by atoms with van der Waals surface area (Å²) in [5, 5.41) is 14.5. The molecule has 0 aromatic heterocycles. The quantitative estimate of drug-likeness (QED) is 0.348. The summed E-state index contributed by atoms with van der Waals surface area (Å²) in [5.74, 6) is -0.528. The minimum Gasteiger partial charge on any atom is -0.348 e. The molecule has 0 bridgehead atoms. The number of amides is 1. The number of benzene rings is 3. The van der Waals surface area contributed by atoms with Gasteiger partial charge in [0.2, 0.25) is 10.0 Å². The monoisotopic (exact) mass is 491 g/mol. The van der Waals surface area contributed by atoms with E-state index in [1.165, 1.54) is 30.0 Å². The molecule has 0 spiro atoms. The molecule has 1 amide bonds. The van der Waals surface area contributed by atoms with Gasteiger partial charge in [0, 0.05) is 33.5 Å². The third-order valence-corrected chi connectivity index (χ3v) is 6.14. The van der Waals surface area contributed by atoms with E-state index in [4.69, 9.17) is 11.6 Å². The Labute approximate surface area is 194 Å². The molecule has 0 atom stereocenters. The van der Waals surface area contributed by atoms with Crippen molar-refractivity contribution in [2.75, 3.05) is 11.0 Å². The third-order valence-electron chi connectivity index (χ3n) is 4.21. The van der Waals surface area contributed by atoms with Gasteiger partial charge in [0.15, 0.2) is 0 Å². The zero-order valence-electron chi connectivity index (χ0n) is 16.7. The van der Waals surface area contributed by atoms with Gasteiger partial charge in [-0.1, -0.05) is 41.6 Å². The molecular formula is C21H18ClN3O5S2. The molecule has 0 aliphatic carbocycles. The van der Waals surface area contributed by atoms with Crippen LogP contribution < -0.4 is 10.0 Å². The molecule has 0 heterocycles. The van der Waals surface area contributed by atoms with Crippen LogP contribution >= 0.6 is 23.4 Å². The van der Waals surface area contributed by atoms with Crippen LogP contribution in [0.5, 0.6) is 0 Å². The third kappa shape index (κ3) is 6.46. The molecule has 166 valence electrons. The predicted molar refractivity (Wildman–Crippen MR) is 125 cm³/mol. The molecule has 2 N–H and O–H groups in total.